The number of benzene rings is 1. The Labute approximate surface area is 106 Å². The predicted molar refractivity (Wildman–Crippen MR) is 59.9 cm³/mol. The molecule has 0 spiro atoms. The standard InChI is InChI=1S/C9H6N2O3.2H2O.O.Sb/c12-8-4-3-7(11(13)14)6-2-1-5-10-9(6)8;;;;/h1-5,12H;2*1H2;;/q;;;;+3/p-3. The second kappa shape index (κ2) is 4.56. The van der Waals surface area contributed by atoms with E-state index < -0.39 is 25.0 Å². The number of fused-ring (bicyclic) bond motifs is 1. The zero-order valence-electron chi connectivity index (χ0n) is 8.76. The average Bonchev–Trinajstić information content (AvgIpc) is 2.27. The van der Waals surface area contributed by atoms with Crippen molar-refractivity contribution in [3.05, 3.63) is 40.6 Å². The summed E-state index contributed by atoms with van der Waals surface area (Å²) < 4.78 is 33.0. The van der Waals surface area contributed by atoms with Crippen molar-refractivity contribution < 1.29 is 17.7 Å². The van der Waals surface area contributed by atoms with Crippen molar-refractivity contribution in [2.45, 2.75) is 0 Å². The van der Waals surface area contributed by atoms with Crippen LogP contribution in [0.4, 0.5) is 5.69 Å². The van der Waals surface area contributed by atoms with E-state index in [0.29, 0.717) is 0 Å². The Balaban J connectivity index is 2.68. The van der Waals surface area contributed by atoms with Crippen molar-refractivity contribution in [1.29, 1.82) is 0 Å². The van der Waals surface area contributed by atoms with Crippen LogP contribution in [0.5, 0.6) is 5.75 Å². The van der Waals surface area contributed by atoms with Crippen LogP contribution in [-0.2, 0) is 3.02 Å². The van der Waals surface area contributed by atoms with Crippen molar-refractivity contribution in [3.8, 4) is 5.75 Å². The van der Waals surface area contributed by atoms with Gasteiger partial charge < -0.3 is 0 Å². The summed E-state index contributed by atoms with van der Waals surface area (Å²) in [6.07, 6.45) is 1.36. The van der Waals surface area contributed by atoms with Gasteiger partial charge in [-0.3, -0.25) is 0 Å². The Morgan fingerprint density at radius 3 is 2.67 bits per heavy atom. The fraction of sp³-hybridized carbons (Fsp3) is 0. The van der Waals surface area contributed by atoms with Gasteiger partial charge in [0, 0.05) is 0 Å². The molecular weight excluding hydrogens is 354 g/mol. The molecule has 0 saturated carbocycles. The van der Waals surface area contributed by atoms with Crippen molar-refractivity contribution in [2.75, 3.05) is 0 Å². The van der Waals surface area contributed by atoms with Gasteiger partial charge in [-0.15, -0.1) is 0 Å². The monoisotopic (exact) mass is 360 g/mol. The topological polar surface area (TPSA) is 123 Å². The summed E-state index contributed by atoms with van der Waals surface area (Å²) in [5.41, 5.74) is -0.157. The van der Waals surface area contributed by atoms with Crippen LogP contribution >= 0.6 is 0 Å². The first-order valence-corrected chi connectivity index (χ1v) is 9.02. The molecule has 0 saturated heterocycles. The van der Waals surface area contributed by atoms with Gasteiger partial charge in [0.25, 0.3) is 0 Å². The molecule has 2 N–H and O–H groups in total. The van der Waals surface area contributed by atoms with Gasteiger partial charge in [-0.2, -0.15) is 0 Å². The molecule has 2 rings (SSSR count). The molecular formula is C9H7N2O6Sb. The summed E-state index contributed by atoms with van der Waals surface area (Å²) in [4.78, 5) is 14.1. The molecule has 1 aromatic heterocycles. The first-order chi connectivity index (χ1) is 8.38. The van der Waals surface area contributed by atoms with Crippen LogP contribution in [0.2, 0.25) is 0 Å². The molecule has 0 atom stereocenters. The maximum atomic E-state index is 10.9. The number of nitro groups is 1. The number of hydrogen-bond donors (Lipinski definition) is 2. The van der Waals surface area contributed by atoms with Crippen LogP contribution in [-0.4, -0.2) is 36.7 Å². The van der Waals surface area contributed by atoms with E-state index in [9.17, 15) is 13.1 Å². The molecule has 94 valence electrons. The molecule has 18 heavy (non-hydrogen) atoms. The zero-order valence-corrected chi connectivity index (χ0v) is 11.3. The van der Waals surface area contributed by atoms with Crippen molar-refractivity contribution in [2.24, 2.45) is 0 Å². The summed E-state index contributed by atoms with van der Waals surface area (Å²) in [5, 5.41) is 11.0. The Bertz CT molecular complexity index is 667. The summed E-state index contributed by atoms with van der Waals surface area (Å²) in [6.45, 7) is 0. The van der Waals surface area contributed by atoms with Gasteiger partial charge >= 0.3 is 106 Å². The molecule has 0 radical (unpaired) electrons. The molecule has 0 bridgehead atoms. The third kappa shape index (κ3) is 2.61. The SMILES string of the molecule is O=[N+]([O-])c1ccc([O][Sb](=[O])([OH])[OH])c2ncccc12. The third-order valence-electron chi connectivity index (χ3n) is 2.12. The van der Waals surface area contributed by atoms with Crippen molar-refractivity contribution in [3.63, 3.8) is 0 Å². The quantitative estimate of drug-likeness (QED) is 0.460. The number of nitrogens with zero attached hydrogens (tertiary/aromatic N) is 2. The number of nitro benzene ring substituents is 1. The van der Waals surface area contributed by atoms with Crippen LogP contribution in [0.1, 0.15) is 0 Å². The van der Waals surface area contributed by atoms with Crippen LogP contribution in [0.3, 0.4) is 0 Å². The van der Waals surface area contributed by atoms with Gasteiger partial charge in [-0.05, 0) is 0 Å². The number of aromatic nitrogens is 1. The summed E-state index contributed by atoms with van der Waals surface area (Å²) in [6, 6.07) is 5.17. The van der Waals surface area contributed by atoms with Gasteiger partial charge in [0.1, 0.15) is 0 Å². The first-order valence-electron chi connectivity index (χ1n) is 4.66. The Kier molecular flexibility index (Phi) is 3.25. The molecule has 1 aromatic carbocycles. The minimum atomic E-state index is -5.63. The molecule has 0 unspecified atom stereocenters. The maximum absolute atomic E-state index is 10.9. The van der Waals surface area contributed by atoms with E-state index in [4.69, 9.17) is 6.77 Å². The van der Waals surface area contributed by atoms with E-state index in [1.54, 1.807) is 0 Å². The summed E-state index contributed by atoms with van der Waals surface area (Å²) in [5.74, 6) is -0.165. The van der Waals surface area contributed by atoms with E-state index in [1.807, 2.05) is 0 Å². The first kappa shape index (κ1) is 12.8. The Hall–Kier alpha value is -1.63. The Morgan fingerprint density at radius 2 is 2.06 bits per heavy atom. The van der Waals surface area contributed by atoms with Gasteiger partial charge in [-0.25, -0.2) is 0 Å². The molecule has 0 aliphatic heterocycles. The summed E-state index contributed by atoms with van der Waals surface area (Å²) in [7, 11) is 0. The average molecular weight is 361 g/mol. The van der Waals surface area contributed by atoms with Crippen molar-refractivity contribution >= 4 is 36.6 Å². The molecule has 0 aliphatic rings. The second-order valence-corrected chi connectivity index (χ2v) is 6.64. The molecule has 9 heteroatoms. The number of pyridine rings is 1. The minimum absolute atomic E-state index is 0.0454. The van der Waals surface area contributed by atoms with Gasteiger partial charge in [0.05, 0.1) is 0 Å². The van der Waals surface area contributed by atoms with E-state index in [2.05, 4.69) is 8.00 Å². The predicted octanol–water partition coefficient (Wildman–Crippen LogP) is 0.372. The van der Waals surface area contributed by atoms with Crippen LogP contribution in [0.15, 0.2) is 30.5 Å². The van der Waals surface area contributed by atoms with Crippen molar-refractivity contribution in [1.82, 2.24) is 4.98 Å². The van der Waals surface area contributed by atoms with Crippen LogP contribution in [0, 0.1) is 10.1 Å². The molecule has 8 nitrogen and oxygen atoms in total. The number of non-ortho nitro benzene ring substituents is 1. The van der Waals surface area contributed by atoms with E-state index in [1.165, 1.54) is 18.3 Å². The second-order valence-electron chi connectivity index (χ2n) is 3.32. The van der Waals surface area contributed by atoms with Gasteiger partial charge in [0.2, 0.25) is 0 Å². The van der Waals surface area contributed by atoms with Crippen LogP contribution < -0.4 is 3.02 Å². The van der Waals surface area contributed by atoms with E-state index in [0.717, 1.165) is 12.1 Å². The molecule has 0 fully saturated rings. The molecule has 0 aliphatic carbocycles. The fourth-order valence-electron chi connectivity index (χ4n) is 1.49. The van der Waals surface area contributed by atoms with Gasteiger partial charge in [0.15, 0.2) is 0 Å². The molecule has 2 aromatic rings. The fourth-order valence-corrected chi connectivity index (χ4v) is 2.64. The zero-order chi connectivity index (χ0) is 13.3. The van der Waals surface area contributed by atoms with E-state index in [-0.39, 0.29) is 22.3 Å². The number of rotatable bonds is 3. The molecule has 0 amide bonds. The van der Waals surface area contributed by atoms with Gasteiger partial charge in [-0.1, -0.05) is 0 Å². The van der Waals surface area contributed by atoms with Crippen LogP contribution in [0.25, 0.3) is 10.9 Å². The Morgan fingerprint density at radius 1 is 1.33 bits per heavy atom. The third-order valence-corrected chi connectivity index (χ3v) is 3.36. The molecule has 1 heterocycles. The normalized spacial score (nSPS) is 11.4. The van der Waals surface area contributed by atoms with E-state index >= 15 is 0 Å². The summed E-state index contributed by atoms with van der Waals surface area (Å²) >= 11 is -5.63. The number of hydrogen-bond acceptors (Lipinski definition) is 5.